The number of carbonyl (C=O) groups excluding carboxylic acids is 1. The molecule has 0 radical (unpaired) electrons. The lowest BCUT2D eigenvalue weighted by Crippen LogP contribution is -2.14. The third-order valence-corrected chi connectivity index (χ3v) is 6.04. The second kappa shape index (κ2) is 8.19. The zero-order valence-corrected chi connectivity index (χ0v) is 18.2. The molecule has 1 aliphatic carbocycles. The molecule has 4 nitrogen and oxygen atoms in total. The maximum absolute atomic E-state index is 12.7. The van der Waals surface area contributed by atoms with Gasteiger partial charge in [-0.05, 0) is 48.2 Å². The van der Waals surface area contributed by atoms with Crippen molar-refractivity contribution in [3.63, 3.8) is 0 Å². The van der Waals surface area contributed by atoms with Gasteiger partial charge in [0.2, 0.25) is 0 Å². The molecule has 1 saturated carbocycles. The van der Waals surface area contributed by atoms with Crippen molar-refractivity contribution in [2.75, 3.05) is 0 Å². The molecule has 156 valence electrons. The summed E-state index contributed by atoms with van der Waals surface area (Å²) in [6.07, 6.45) is 4.55. The summed E-state index contributed by atoms with van der Waals surface area (Å²) in [5.41, 5.74) is 3.21. The van der Waals surface area contributed by atoms with Gasteiger partial charge in [-0.15, -0.1) is 0 Å². The minimum absolute atomic E-state index is 0.193. The number of carbonyl (C=O) groups is 1. The Morgan fingerprint density at radius 2 is 1.87 bits per heavy atom. The SMILES string of the molecule is Cc1ccc(OC2C(C(=O)OCn3ccc(Cc4ccccc4)c3)C2(C)C)c(Cl)c1. The Labute approximate surface area is 182 Å². The van der Waals surface area contributed by atoms with E-state index in [0.717, 1.165) is 12.0 Å². The van der Waals surface area contributed by atoms with Crippen molar-refractivity contribution >= 4 is 17.6 Å². The topological polar surface area (TPSA) is 40.5 Å². The average molecular weight is 424 g/mol. The summed E-state index contributed by atoms with van der Waals surface area (Å²) < 4.78 is 13.5. The zero-order valence-electron chi connectivity index (χ0n) is 17.5. The highest BCUT2D eigenvalue weighted by molar-refractivity contribution is 6.32. The van der Waals surface area contributed by atoms with E-state index in [4.69, 9.17) is 21.1 Å². The van der Waals surface area contributed by atoms with Crippen LogP contribution < -0.4 is 4.74 Å². The maximum atomic E-state index is 12.7. The molecule has 2 aromatic carbocycles. The van der Waals surface area contributed by atoms with E-state index in [9.17, 15) is 4.79 Å². The van der Waals surface area contributed by atoms with Crippen molar-refractivity contribution < 1.29 is 14.3 Å². The van der Waals surface area contributed by atoms with E-state index in [-0.39, 0.29) is 30.1 Å². The van der Waals surface area contributed by atoms with Crippen molar-refractivity contribution in [1.82, 2.24) is 4.57 Å². The van der Waals surface area contributed by atoms with Gasteiger partial charge in [0.15, 0.2) is 6.73 Å². The second-order valence-corrected chi connectivity index (χ2v) is 8.97. The van der Waals surface area contributed by atoms with Crippen molar-refractivity contribution in [3.05, 3.63) is 88.7 Å². The first kappa shape index (κ1) is 20.5. The molecule has 0 aliphatic heterocycles. The molecule has 2 atom stereocenters. The van der Waals surface area contributed by atoms with E-state index in [1.807, 2.05) is 80.2 Å². The second-order valence-electron chi connectivity index (χ2n) is 8.56. The summed E-state index contributed by atoms with van der Waals surface area (Å²) in [7, 11) is 0. The van der Waals surface area contributed by atoms with Crippen molar-refractivity contribution in [1.29, 1.82) is 0 Å². The van der Waals surface area contributed by atoms with E-state index < -0.39 is 0 Å². The quantitative estimate of drug-likeness (QED) is 0.461. The van der Waals surface area contributed by atoms with Gasteiger partial charge in [0.1, 0.15) is 17.8 Å². The van der Waals surface area contributed by atoms with Gasteiger partial charge in [-0.1, -0.05) is 61.8 Å². The monoisotopic (exact) mass is 423 g/mol. The average Bonchev–Trinajstić information content (AvgIpc) is 3.02. The molecule has 1 fully saturated rings. The van der Waals surface area contributed by atoms with Gasteiger partial charge in [0.25, 0.3) is 0 Å². The van der Waals surface area contributed by atoms with E-state index in [1.54, 1.807) is 0 Å². The maximum Gasteiger partial charge on any atom is 0.315 e. The molecule has 3 aromatic rings. The Hall–Kier alpha value is -2.72. The summed E-state index contributed by atoms with van der Waals surface area (Å²) in [5, 5.41) is 0.558. The van der Waals surface area contributed by atoms with Crippen LogP contribution in [0.15, 0.2) is 67.0 Å². The fraction of sp³-hybridized carbons (Fsp3) is 0.320. The van der Waals surface area contributed by atoms with Gasteiger partial charge < -0.3 is 14.0 Å². The van der Waals surface area contributed by atoms with Gasteiger partial charge in [0, 0.05) is 17.8 Å². The van der Waals surface area contributed by atoms with Gasteiger partial charge >= 0.3 is 5.97 Å². The van der Waals surface area contributed by atoms with Crippen LogP contribution >= 0.6 is 11.6 Å². The zero-order chi connectivity index (χ0) is 21.3. The lowest BCUT2D eigenvalue weighted by molar-refractivity contribution is -0.150. The fourth-order valence-corrected chi connectivity index (χ4v) is 4.09. The number of ether oxygens (including phenoxy) is 2. The van der Waals surface area contributed by atoms with Crippen LogP contribution in [-0.2, 0) is 22.7 Å². The predicted molar refractivity (Wildman–Crippen MR) is 118 cm³/mol. The normalized spacial score (nSPS) is 19.3. The van der Waals surface area contributed by atoms with E-state index >= 15 is 0 Å². The van der Waals surface area contributed by atoms with Crippen LogP contribution in [0, 0.1) is 18.3 Å². The van der Waals surface area contributed by atoms with Gasteiger partial charge in [-0.2, -0.15) is 0 Å². The number of hydrogen-bond acceptors (Lipinski definition) is 3. The first-order chi connectivity index (χ1) is 14.3. The molecule has 0 N–H and O–H groups in total. The van der Waals surface area contributed by atoms with E-state index in [2.05, 4.69) is 12.1 Å². The number of hydrogen-bond donors (Lipinski definition) is 0. The Bertz CT molecular complexity index is 1040. The Morgan fingerprint density at radius 1 is 1.10 bits per heavy atom. The number of esters is 1. The highest BCUT2D eigenvalue weighted by Gasteiger charge is 2.65. The Kier molecular flexibility index (Phi) is 5.61. The van der Waals surface area contributed by atoms with Crippen LogP contribution in [0.25, 0.3) is 0 Å². The van der Waals surface area contributed by atoms with Crippen LogP contribution in [-0.4, -0.2) is 16.6 Å². The molecule has 5 heteroatoms. The Balaban J connectivity index is 1.33. The van der Waals surface area contributed by atoms with Crippen LogP contribution in [0.4, 0.5) is 0 Å². The third-order valence-electron chi connectivity index (χ3n) is 5.74. The number of aryl methyl sites for hydroxylation is 1. The lowest BCUT2D eigenvalue weighted by Gasteiger charge is -2.09. The molecule has 1 heterocycles. The van der Waals surface area contributed by atoms with Crippen LogP contribution in [0.5, 0.6) is 5.75 Å². The summed E-state index contributed by atoms with van der Waals surface area (Å²) >= 11 is 6.28. The summed E-state index contributed by atoms with van der Waals surface area (Å²) in [5.74, 6) is 0.0485. The minimum Gasteiger partial charge on any atom is -0.487 e. The molecule has 30 heavy (non-hydrogen) atoms. The van der Waals surface area contributed by atoms with Crippen LogP contribution in [0.3, 0.4) is 0 Å². The number of aromatic nitrogens is 1. The number of benzene rings is 2. The first-order valence-corrected chi connectivity index (χ1v) is 10.5. The summed E-state index contributed by atoms with van der Waals surface area (Å²) in [6.45, 7) is 6.19. The molecule has 2 unspecified atom stereocenters. The molecule has 4 rings (SSSR count). The smallest absolute Gasteiger partial charge is 0.315 e. The molecule has 0 amide bonds. The molecular formula is C25H26ClNO3. The van der Waals surface area contributed by atoms with Gasteiger partial charge in [-0.3, -0.25) is 4.79 Å². The molecular weight excluding hydrogens is 398 g/mol. The lowest BCUT2D eigenvalue weighted by atomic mass is 10.1. The molecule has 0 spiro atoms. The standard InChI is InChI=1S/C25H26ClNO3/c1-17-9-10-21(20(26)13-17)30-23-22(25(23,2)3)24(28)29-16-27-12-11-19(15-27)14-18-7-5-4-6-8-18/h4-13,15,22-23H,14,16H2,1-3H3. The molecule has 0 bridgehead atoms. The van der Waals surface area contributed by atoms with Gasteiger partial charge in [0.05, 0.1) is 5.02 Å². The van der Waals surface area contributed by atoms with Crippen molar-refractivity contribution in [3.8, 4) is 5.75 Å². The minimum atomic E-state index is -0.311. The van der Waals surface area contributed by atoms with E-state index in [1.165, 1.54) is 11.1 Å². The van der Waals surface area contributed by atoms with Crippen molar-refractivity contribution in [2.45, 2.75) is 40.0 Å². The summed E-state index contributed by atoms with van der Waals surface area (Å²) in [4.78, 5) is 12.7. The molecule has 1 aromatic heterocycles. The first-order valence-electron chi connectivity index (χ1n) is 10.1. The third kappa shape index (κ3) is 4.39. The fourth-order valence-electron chi connectivity index (χ4n) is 3.81. The van der Waals surface area contributed by atoms with Crippen molar-refractivity contribution in [2.24, 2.45) is 11.3 Å². The molecule has 0 saturated heterocycles. The van der Waals surface area contributed by atoms with Gasteiger partial charge in [-0.25, -0.2) is 0 Å². The highest BCUT2D eigenvalue weighted by atomic mass is 35.5. The van der Waals surface area contributed by atoms with E-state index in [0.29, 0.717) is 10.8 Å². The van der Waals surface area contributed by atoms with Crippen LogP contribution in [0.1, 0.15) is 30.5 Å². The largest absolute Gasteiger partial charge is 0.487 e. The Morgan fingerprint density at radius 3 is 2.60 bits per heavy atom. The number of rotatable bonds is 7. The predicted octanol–water partition coefficient (Wildman–Crippen LogP) is 5.65. The number of halogens is 1. The van der Waals surface area contributed by atoms with Crippen LogP contribution in [0.2, 0.25) is 5.02 Å². The summed E-state index contributed by atoms with van der Waals surface area (Å²) in [6, 6.07) is 18.0. The molecule has 1 aliphatic rings. The number of nitrogens with zero attached hydrogens (tertiary/aromatic N) is 1. The highest BCUT2D eigenvalue weighted by Crippen LogP contribution is 2.55.